The molecule has 3 amide bonds. The highest BCUT2D eigenvalue weighted by Crippen LogP contribution is 2.29. The minimum Gasteiger partial charge on any atom is -0.379 e. The molecule has 0 spiro atoms. The van der Waals surface area contributed by atoms with Crippen LogP contribution in [0.4, 0.5) is 5.69 Å². The van der Waals surface area contributed by atoms with Crippen molar-refractivity contribution in [2.75, 3.05) is 18.4 Å². The van der Waals surface area contributed by atoms with Crippen molar-refractivity contribution < 1.29 is 14.4 Å². The van der Waals surface area contributed by atoms with E-state index >= 15 is 0 Å². The van der Waals surface area contributed by atoms with Crippen LogP contribution < -0.4 is 16.0 Å². The van der Waals surface area contributed by atoms with Gasteiger partial charge in [0.05, 0.1) is 11.4 Å². The van der Waals surface area contributed by atoms with Gasteiger partial charge in [0.25, 0.3) is 5.91 Å². The normalized spacial score (nSPS) is 20.4. The van der Waals surface area contributed by atoms with E-state index in [1.165, 1.54) is 5.57 Å². The Hall–Kier alpha value is -3.52. The molecule has 0 aliphatic carbocycles. The van der Waals surface area contributed by atoms with Crippen LogP contribution in [0.25, 0.3) is 5.57 Å². The molecular formula is C25H27N5O3. The van der Waals surface area contributed by atoms with Crippen LogP contribution in [0.2, 0.25) is 0 Å². The number of anilines is 1. The maximum Gasteiger partial charge on any atom is 0.255 e. The van der Waals surface area contributed by atoms with Crippen molar-refractivity contribution in [2.45, 2.75) is 45.3 Å². The number of nitrogens with zero attached hydrogens (tertiary/aromatic N) is 2. The molecule has 0 saturated carbocycles. The first-order valence-electron chi connectivity index (χ1n) is 11.4. The number of piperidine rings is 1. The monoisotopic (exact) mass is 445 g/mol. The number of pyridine rings is 1. The molecule has 3 N–H and O–H groups in total. The number of aryl methyl sites for hydroxylation is 1. The molecule has 33 heavy (non-hydrogen) atoms. The lowest BCUT2D eigenvalue weighted by Crippen LogP contribution is -2.52. The zero-order chi connectivity index (χ0) is 22.9. The van der Waals surface area contributed by atoms with Crippen LogP contribution >= 0.6 is 0 Å². The second-order valence-electron chi connectivity index (χ2n) is 8.79. The van der Waals surface area contributed by atoms with Crippen LogP contribution in [-0.2, 0) is 22.7 Å². The van der Waals surface area contributed by atoms with E-state index in [0.717, 1.165) is 47.6 Å². The molecule has 0 bridgehead atoms. The summed E-state index contributed by atoms with van der Waals surface area (Å²) in [6.07, 6.45) is 5.75. The second-order valence-corrected chi connectivity index (χ2v) is 8.79. The van der Waals surface area contributed by atoms with Gasteiger partial charge in [-0.15, -0.1) is 0 Å². The number of rotatable bonds is 5. The van der Waals surface area contributed by atoms with Gasteiger partial charge in [0, 0.05) is 37.8 Å². The van der Waals surface area contributed by atoms with Gasteiger partial charge in [0.1, 0.15) is 6.04 Å². The first kappa shape index (κ1) is 21.3. The fourth-order valence-corrected chi connectivity index (χ4v) is 4.68. The Balaban J connectivity index is 1.29. The lowest BCUT2D eigenvalue weighted by atomic mass is 10.0. The van der Waals surface area contributed by atoms with Crippen LogP contribution in [0.15, 0.2) is 36.5 Å². The maximum atomic E-state index is 13.0. The van der Waals surface area contributed by atoms with Gasteiger partial charge < -0.3 is 15.5 Å². The third-order valence-corrected chi connectivity index (χ3v) is 6.60. The number of aromatic nitrogens is 1. The standard InChI is InChI=1S/C25H27N5O3/c1-15-21(11-19(13-27-15)17-6-8-26-9-7-17)28-12-16-2-3-18-14-30(25(33)20(18)10-16)22-4-5-23(31)29-24(22)32/h2-3,6,10-11,13,22,26,28H,4-5,7-9,12,14H2,1H3,(H,29,31,32). The highest BCUT2D eigenvalue weighted by atomic mass is 16.2. The van der Waals surface area contributed by atoms with Crippen molar-refractivity contribution in [3.63, 3.8) is 0 Å². The molecule has 2 aromatic rings. The molecule has 8 nitrogen and oxygen atoms in total. The van der Waals surface area contributed by atoms with Crippen molar-refractivity contribution >= 4 is 29.0 Å². The number of imide groups is 1. The van der Waals surface area contributed by atoms with Gasteiger partial charge in [0.15, 0.2) is 0 Å². The summed E-state index contributed by atoms with van der Waals surface area (Å²) < 4.78 is 0. The molecule has 1 saturated heterocycles. The van der Waals surface area contributed by atoms with Crippen molar-refractivity contribution in [2.24, 2.45) is 0 Å². The fraction of sp³-hybridized carbons (Fsp3) is 0.360. The topological polar surface area (TPSA) is 103 Å². The number of hydrogen-bond donors (Lipinski definition) is 3. The zero-order valence-corrected chi connectivity index (χ0v) is 18.6. The molecular weight excluding hydrogens is 418 g/mol. The van der Waals surface area contributed by atoms with Gasteiger partial charge in [-0.25, -0.2) is 0 Å². The Morgan fingerprint density at radius 1 is 1.18 bits per heavy atom. The molecule has 3 aliphatic rings. The number of carbonyl (C=O) groups excluding carboxylic acids is 3. The van der Waals surface area contributed by atoms with Gasteiger partial charge in [-0.3, -0.25) is 24.7 Å². The van der Waals surface area contributed by atoms with E-state index < -0.39 is 6.04 Å². The Bertz CT molecular complexity index is 1170. The molecule has 1 unspecified atom stereocenters. The number of carbonyl (C=O) groups is 3. The van der Waals surface area contributed by atoms with E-state index in [9.17, 15) is 14.4 Å². The van der Waals surface area contributed by atoms with E-state index in [-0.39, 0.29) is 24.1 Å². The quantitative estimate of drug-likeness (QED) is 0.610. The zero-order valence-electron chi connectivity index (χ0n) is 18.6. The summed E-state index contributed by atoms with van der Waals surface area (Å²) in [4.78, 5) is 42.9. The molecule has 5 rings (SSSR count). The van der Waals surface area contributed by atoms with E-state index in [1.807, 2.05) is 31.3 Å². The van der Waals surface area contributed by atoms with Gasteiger partial charge in [-0.2, -0.15) is 0 Å². The van der Waals surface area contributed by atoms with Crippen LogP contribution in [-0.4, -0.2) is 46.7 Å². The SMILES string of the molecule is Cc1ncc(C2=CCNCC2)cc1NCc1ccc2c(c1)C(=O)N(C1CCC(=O)NC1=O)C2. The third-order valence-electron chi connectivity index (χ3n) is 6.60. The van der Waals surface area contributed by atoms with Crippen LogP contribution in [0, 0.1) is 6.92 Å². The number of benzene rings is 1. The van der Waals surface area contributed by atoms with E-state index in [2.05, 4.69) is 33.1 Å². The smallest absolute Gasteiger partial charge is 0.255 e. The summed E-state index contributed by atoms with van der Waals surface area (Å²) in [6, 6.07) is 7.42. The second kappa shape index (κ2) is 8.78. The highest BCUT2D eigenvalue weighted by Gasteiger charge is 2.39. The number of nitrogens with one attached hydrogen (secondary N) is 3. The molecule has 4 heterocycles. The van der Waals surface area contributed by atoms with Crippen LogP contribution in [0.3, 0.4) is 0 Å². The summed E-state index contributed by atoms with van der Waals surface area (Å²) in [5.74, 6) is -0.820. The maximum absolute atomic E-state index is 13.0. The summed E-state index contributed by atoms with van der Waals surface area (Å²) in [5, 5.41) is 9.14. The molecule has 8 heteroatoms. The van der Waals surface area contributed by atoms with Crippen LogP contribution in [0.5, 0.6) is 0 Å². The van der Waals surface area contributed by atoms with E-state index in [0.29, 0.717) is 25.1 Å². The molecule has 1 aromatic carbocycles. The van der Waals surface area contributed by atoms with Gasteiger partial charge >= 0.3 is 0 Å². The van der Waals surface area contributed by atoms with Gasteiger partial charge in [0.2, 0.25) is 11.8 Å². The number of hydrogen-bond acceptors (Lipinski definition) is 6. The Labute approximate surface area is 192 Å². The lowest BCUT2D eigenvalue weighted by molar-refractivity contribution is -0.136. The summed E-state index contributed by atoms with van der Waals surface area (Å²) in [6.45, 7) is 4.79. The first-order chi connectivity index (χ1) is 16.0. The predicted molar refractivity (Wildman–Crippen MR) is 124 cm³/mol. The van der Waals surface area contributed by atoms with E-state index in [4.69, 9.17) is 0 Å². The summed E-state index contributed by atoms with van der Waals surface area (Å²) >= 11 is 0. The predicted octanol–water partition coefficient (Wildman–Crippen LogP) is 2.14. The minimum absolute atomic E-state index is 0.154. The minimum atomic E-state index is -0.593. The highest BCUT2D eigenvalue weighted by molar-refractivity contribution is 6.05. The largest absolute Gasteiger partial charge is 0.379 e. The first-order valence-corrected chi connectivity index (χ1v) is 11.4. The molecule has 1 aromatic heterocycles. The Morgan fingerprint density at radius 3 is 2.85 bits per heavy atom. The van der Waals surface area contributed by atoms with Gasteiger partial charge in [-0.1, -0.05) is 18.2 Å². The summed E-state index contributed by atoms with van der Waals surface area (Å²) in [7, 11) is 0. The van der Waals surface area contributed by atoms with Crippen molar-refractivity contribution in [1.82, 2.24) is 20.5 Å². The average Bonchev–Trinajstić information content (AvgIpc) is 3.15. The molecule has 0 radical (unpaired) electrons. The third kappa shape index (κ3) is 4.26. The van der Waals surface area contributed by atoms with Crippen LogP contribution in [0.1, 0.15) is 52.0 Å². The molecule has 3 aliphatic heterocycles. The fourth-order valence-electron chi connectivity index (χ4n) is 4.68. The Morgan fingerprint density at radius 2 is 2.06 bits per heavy atom. The Kier molecular flexibility index (Phi) is 5.68. The summed E-state index contributed by atoms with van der Waals surface area (Å²) in [5.41, 5.74) is 6.86. The van der Waals surface area contributed by atoms with E-state index in [1.54, 1.807) is 4.90 Å². The molecule has 1 fully saturated rings. The van der Waals surface area contributed by atoms with Crippen molar-refractivity contribution in [3.05, 3.63) is 64.5 Å². The molecule has 1 atom stereocenters. The number of amides is 3. The lowest BCUT2D eigenvalue weighted by Gasteiger charge is -2.29. The van der Waals surface area contributed by atoms with Crippen molar-refractivity contribution in [1.29, 1.82) is 0 Å². The average molecular weight is 446 g/mol. The molecule has 170 valence electrons. The van der Waals surface area contributed by atoms with Gasteiger partial charge in [-0.05, 0) is 60.7 Å². The number of fused-ring (bicyclic) bond motifs is 1. The van der Waals surface area contributed by atoms with Crippen molar-refractivity contribution in [3.8, 4) is 0 Å².